The van der Waals surface area contributed by atoms with Crippen molar-refractivity contribution in [2.45, 2.75) is 65.2 Å². The summed E-state index contributed by atoms with van der Waals surface area (Å²) in [5, 5.41) is 3.79. The van der Waals surface area contributed by atoms with Crippen LogP contribution in [0.25, 0.3) is 0 Å². The molecule has 1 saturated heterocycles. The smallest absolute Gasteiger partial charge is 0.0597 e. The van der Waals surface area contributed by atoms with Gasteiger partial charge in [-0.2, -0.15) is 0 Å². The van der Waals surface area contributed by atoms with Crippen LogP contribution in [0.15, 0.2) is 24.5 Å². The van der Waals surface area contributed by atoms with Crippen LogP contribution in [0.5, 0.6) is 0 Å². The number of pyridine rings is 1. The number of hydrogen-bond donors (Lipinski definition) is 1. The molecule has 0 radical (unpaired) electrons. The molecule has 21 heavy (non-hydrogen) atoms. The Kier molecular flexibility index (Phi) is 5.77. The molecule has 0 saturated carbocycles. The molecule has 6 unspecified atom stereocenters. The highest BCUT2D eigenvalue weighted by molar-refractivity contribution is 5.18. The fraction of sp³-hybridized carbons (Fsp3) is 0.722. The van der Waals surface area contributed by atoms with Gasteiger partial charge in [0, 0.05) is 24.4 Å². The second-order valence-electron chi connectivity index (χ2n) is 6.53. The maximum atomic E-state index is 6.08. The standard InChI is InChI=1S/C18H30N2O/c1-6-9-20-18(13(3)16-7-10-19-11-8-16)17-12(2)14(4)21-15(17)5/h7-8,10-15,17-18,20H,6,9H2,1-5H3. The first kappa shape index (κ1) is 16.4. The molecule has 118 valence electrons. The average Bonchev–Trinajstić information content (AvgIpc) is 2.74. The van der Waals surface area contributed by atoms with Gasteiger partial charge in [0.25, 0.3) is 0 Å². The van der Waals surface area contributed by atoms with E-state index in [1.165, 1.54) is 5.56 Å². The number of rotatable bonds is 6. The van der Waals surface area contributed by atoms with Gasteiger partial charge in [-0.25, -0.2) is 0 Å². The van der Waals surface area contributed by atoms with E-state index in [1.807, 2.05) is 12.4 Å². The van der Waals surface area contributed by atoms with Gasteiger partial charge in [0.2, 0.25) is 0 Å². The van der Waals surface area contributed by atoms with Gasteiger partial charge in [-0.15, -0.1) is 0 Å². The van der Waals surface area contributed by atoms with E-state index >= 15 is 0 Å². The molecule has 0 amide bonds. The summed E-state index contributed by atoms with van der Waals surface area (Å²) in [4.78, 5) is 4.14. The third-order valence-corrected chi connectivity index (χ3v) is 5.13. The van der Waals surface area contributed by atoms with Crippen LogP contribution < -0.4 is 5.32 Å². The van der Waals surface area contributed by atoms with E-state index in [-0.39, 0.29) is 0 Å². The Hall–Kier alpha value is -0.930. The van der Waals surface area contributed by atoms with Crippen molar-refractivity contribution in [2.24, 2.45) is 11.8 Å². The summed E-state index contributed by atoms with van der Waals surface area (Å²) in [6.07, 6.45) is 5.60. The van der Waals surface area contributed by atoms with Crippen molar-refractivity contribution in [3.63, 3.8) is 0 Å². The first-order chi connectivity index (χ1) is 10.1. The molecule has 2 heterocycles. The Bertz CT molecular complexity index is 422. The van der Waals surface area contributed by atoms with Gasteiger partial charge in [0.05, 0.1) is 12.2 Å². The Morgan fingerprint density at radius 1 is 1.19 bits per heavy atom. The molecule has 1 aliphatic rings. The van der Waals surface area contributed by atoms with Gasteiger partial charge in [-0.1, -0.05) is 20.8 Å². The predicted octanol–water partition coefficient (Wildman–Crippen LogP) is 3.61. The van der Waals surface area contributed by atoms with Crippen molar-refractivity contribution in [1.29, 1.82) is 0 Å². The van der Waals surface area contributed by atoms with E-state index in [4.69, 9.17) is 4.74 Å². The van der Waals surface area contributed by atoms with Gasteiger partial charge in [0.1, 0.15) is 0 Å². The van der Waals surface area contributed by atoms with Crippen LogP contribution in [-0.2, 0) is 4.74 Å². The molecule has 1 fully saturated rings. The van der Waals surface area contributed by atoms with Gasteiger partial charge < -0.3 is 10.1 Å². The SMILES string of the molecule is CCCNC(C(C)c1ccncc1)C1C(C)OC(C)C1C. The molecule has 1 N–H and O–H groups in total. The molecule has 3 heteroatoms. The third-order valence-electron chi connectivity index (χ3n) is 5.13. The Balaban J connectivity index is 2.21. The lowest BCUT2D eigenvalue weighted by molar-refractivity contribution is 0.0465. The zero-order valence-corrected chi connectivity index (χ0v) is 14.0. The highest BCUT2D eigenvalue weighted by Gasteiger charge is 2.43. The van der Waals surface area contributed by atoms with Crippen molar-refractivity contribution in [3.8, 4) is 0 Å². The monoisotopic (exact) mass is 290 g/mol. The summed E-state index contributed by atoms with van der Waals surface area (Å²) >= 11 is 0. The number of hydrogen-bond acceptors (Lipinski definition) is 3. The molecule has 1 aromatic heterocycles. The van der Waals surface area contributed by atoms with Crippen LogP contribution in [0.1, 0.15) is 52.5 Å². The summed E-state index contributed by atoms with van der Waals surface area (Å²) < 4.78 is 6.08. The van der Waals surface area contributed by atoms with Crippen LogP contribution >= 0.6 is 0 Å². The first-order valence-corrected chi connectivity index (χ1v) is 8.35. The molecule has 6 atom stereocenters. The third kappa shape index (κ3) is 3.64. The van der Waals surface area contributed by atoms with E-state index in [9.17, 15) is 0 Å². The molecule has 2 rings (SSSR count). The Labute approximate surface area is 129 Å². The Morgan fingerprint density at radius 3 is 2.38 bits per heavy atom. The Morgan fingerprint density at radius 2 is 1.86 bits per heavy atom. The van der Waals surface area contributed by atoms with Gasteiger partial charge >= 0.3 is 0 Å². The lowest BCUT2D eigenvalue weighted by atomic mass is 9.76. The summed E-state index contributed by atoms with van der Waals surface area (Å²) in [5.41, 5.74) is 1.36. The topological polar surface area (TPSA) is 34.2 Å². The van der Waals surface area contributed by atoms with E-state index < -0.39 is 0 Å². The molecule has 0 bridgehead atoms. The zero-order chi connectivity index (χ0) is 15.4. The highest BCUT2D eigenvalue weighted by atomic mass is 16.5. The number of nitrogens with zero attached hydrogens (tertiary/aromatic N) is 1. The minimum Gasteiger partial charge on any atom is -0.375 e. The minimum atomic E-state index is 0.314. The molecule has 0 aliphatic carbocycles. The largest absolute Gasteiger partial charge is 0.375 e. The number of nitrogens with one attached hydrogen (secondary N) is 1. The van der Waals surface area contributed by atoms with Crippen molar-refractivity contribution in [3.05, 3.63) is 30.1 Å². The summed E-state index contributed by atoms with van der Waals surface area (Å²) in [5.74, 6) is 1.59. The summed E-state index contributed by atoms with van der Waals surface area (Å²) in [7, 11) is 0. The van der Waals surface area contributed by atoms with E-state index in [1.54, 1.807) is 0 Å². The molecule has 3 nitrogen and oxygen atoms in total. The molecular formula is C18H30N2O. The van der Waals surface area contributed by atoms with Gasteiger partial charge in [-0.3, -0.25) is 4.98 Å². The molecule has 1 aromatic rings. The van der Waals surface area contributed by atoms with E-state index in [0.29, 0.717) is 36.0 Å². The first-order valence-electron chi connectivity index (χ1n) is 8.35. The van der Waals surface area contributed by atoms with Crippen molar-refractivity contribution < 1.29 is 4.74 Å². The van der Waals surface area contributed by atoms with Gasteiger partial charge in [-0.05, 0) is 56.3 Å². The predicted molar refractivity (Wildman–Crippen MR) is 87.4 cm³/mol. The summed E-state index contributed by atoms with van der Waals surface area (Å²) in [6, 6.07) is 4.72. The zero-order valence-electron chi connectivity index (χ0n) is 14.0. The van der Waals surface area contributed by atoms with Crippen molar-refractivity contribution in [2.75, 3.05) is 6.54 Å². The van der Waals surface area contributed by atoms with E-state index in [2.05, 4.69) is 57.1 Å². The van der Waals surface area contributed by atoms with Gasteiger partial charge in [0.15, 0.2) is 0 Å². The second-order valence-corrected chi connectivity index (χ2v) is 6.53. The number of ether oxygens (including phenoxy) is 1. The number of aromatic nitrogens is 1. The molecule has 0 aromatic carbocycles. The van der Waals surface area contributed by atoms with Crippen molar-refractivity contribution in [1.82, 2.24) is 10.3 Å². The minimum absolute atomic E-state index is 0.314. The van der Waals surface area contributed by atoms with E-state index in [0.717, 1.165) is 13.0 Å². The second kappa shape index (κ2) is 7.37. The lowest BCUT2D eigenvalue weighted by Crippen LogP contribution is -2.45. The van der Waals surface area contributed by atoms with Crippen LogP contribution in [0, 0.1) is 11.8 Å². The quantitative estimate of drug-likeness (QED) is 0.869. The maximum Gasteiger partial charge on any atom is 0.0597 e. The lowest BCUT2D eigenvalue weighted by Gasteiger charge is -2.34. The molecule has 0 spiro atoms. The fourth-order valence-corrected chi connectivity index (χ4v) is 3.74. The normalized spacial score (nSPS) is 32.0. The van der Waals surface area contributed by atoms with Crippen molar-refractivity contribution >= 4 is 0 Å². The van der Waals surface area contributed by atoms with Crippen LogP contribution in [0.4, 0.5) is 0 Å². The molecule has 1 aliphatic heterocycles. The maximum absolute atomic E-state index is 6.08. The average molecular weight is 290 g/mol. The van der Waals surface area contributed by atoms with Crippen LogP contribution in [0.3, 0.4) is 0 Å². The fourth-order valence-electron chi connectivity index (χ4n) is 3.74. The summed E-state index contributed by atoms with van der Waals surface area (Å²) in [6.45, 7) is 12.4. The van der Waals surface area contributed by atoms with Crippen LogP contribution in [-0.4, -0.2) is 29.8 Å². The molecular weight excluding hydrogens is 260 g/mol. The highest BCUT2D eigenvalue weighted by Crippen LogP contribution is 2.39. The van der Waals surface area contributed by atoms with Crippen LogP contribution in [0.2, 0.25) is 0 Å².